The largest absolute Gasteiger partial charge is 0.102 e. The van der Waals surface area contributed by atoms with Crippen molar-refractivity contribution in [1.29, 1.82) is 0 Å². The summed E-state index contributed by atoms with van der Waals surface area (Å²) in [7, 11) is 0. The van der Waals surface area contributed by atoms with Crippen molar-refractivity contribution >= 4 is 0 Å². The third kappa shape index (κ3) is 5.53. The lowest BCUT2D eigenvalue weighted by atomic mass is 9.98. The van der Waals surface area contributed by atoms with Crippen LogP contribution in [0.1, 0.15) is 50.5 Å². The predicted octanol–water partition coefficient (Wildman–Crippen LogP) is 5.48. The summed E-state index contributed by atoms with van der Waals surface area (Å²) in [5.41, 5.74) is 1.33. The van der Waals surface area contributed by atoms with Crippen molar-refractivity contribution in [3.63, 3.8) is 0 Å². The third-order valence-corrected chi connectivity index (χ3v) is 3.01. The first-order chi connectivity index (χ1) is 8.38. The smallest absolute Gasteiger partial charge is 0.0196 e. The quantitative estimate of drug-likeness (QED) is 0.408. The number of unbranched alkanes of at least 4 members (excludes halogenated alkanes) is 4. The van der Waals surface area contributed by atoms with E-state index >= 15 is 0 Å². The second-order valence-corrected chi connectivity index (χ2v) is 4.45. The van der Waals surface area contributed by atoms with Gasteiger partial charge in [0.15, 0.2) is 0 Å². The molecule has 0 N–H and O–H groups in total. The van der Waals surface area contributed by atoms with Gasteiger partial charge < -0.3 is 0 Å². The molecule has 0 saturated carbocycles. The van der Waals surface area contributed by atoms with Gasteiger partial charge in [-0.1, -0.05) is 74.7 Å². The average molecular weight is 228 g/mol. The van der Waals surface area contributed by atoms with Gasteiger partial charge in [-0.25, -0.2) is 0 Å². The monoisotopic (exact) mass is 228 g/mol. The maximum atomic E-state index is 3.91. The molecule has 0 unspecified atom stereocenters. The molecule has 1 aromatic rings. The van der Waals surface area contributed by atoms with Crippen LogP contribution in [0.2, 0.25) is 0 Å². The minimum absolute atomic E-state index is 0.363. The van der Waals surface area contributed by atoms with E-state index in [1.165, 1.54) is 37.7 Å². The van der Waals surface area contributed by atoms with Gasteiger partial charge in [0.25, 0.3) is 0 Å². The highest BCUT2D eigenvalue weighted by atomic mass is 14.1. The Bertz CT molecular complexity index is 321. The lowest BCUT2D eigenvalue weighted by molar-refractivity contribution is 0.674. The van der Waals surface area contributed by atoms with Crippen LogP contribution in [0.25, 0.3) is 0 Å². The fraction of sp³-hybridized carbons (Fsp3) is 0.412. The molecule has 0 saturated heterocycles. The fourth-order valence-corrected chi connectivity index (χ4v) is 1.93. The zero-order valence-corrected chi connectivity index (χ0v) is 10.9. The maximum Gasteiger partial charge on any atom is 0.0196 e. The molecule has 0 aliphatic rings. The minimum atomic E-state index is 0.363. The molecular weight excluding hydrogens is 204 g/mol. The molecule has 0 nitrogen and oxygen atoms in total. The standard InChI is InChI=1S/C17H24/c1-3-5-6-7-8-10-13-16(4-2)17-14-11-9-12-15-17/h4,9-16H,2-3,5-8H2,1H3/b13-10+/t16-/m0/s1. The summed E-state index contributed by atoms with van der Waals surface area (Å²) < 4.78 is 0. The predicted molar refractivity (Wildman–Crippen MR) is 77.3 cm³/mol. The van der Waals surface area contributed by atoms with Gasteiger partial charge in [0.1, 0.15) is 0 Å². The van der Waals surface area contributed by atoms with Gasteiger partial charge in [0.2, 0.25) is 0 Å². The van der Waals surface area contributed by atoms with E-state index in [4.69, 9.17) is 0 Å². The van der Waals surface area contributed by atoms with Crippen molar-refractivity contribution in [2.45, 2.75) is 44.9 Å². The van der Waals surface area contributed by atoms with E-state index in [-0.39, 0.29) is 0 Å². The van der Waals surface area contributed by atoms with Gasteiger partial charge >= 0.3 is 0 Å². The topological polar surface area (TPSA) is 0 Å². The van der Waals surface area contributed by atoms with E-state index in [0.29, 0.717) is 5.92 Å². The van der Waals surface area contributed by atoms with Crippen LogP contribution >= 0.6 is 0 Å². The molecule has 1 aromatic carbocycles. The number of allylic oxidation sites excluding steroid dienone is 3. The molecule has 0 radical (unpaired) electrons. The van der Waals surface area contributed by atoms with Crippen molar-refractivity contribution in [2.75, 3.05) is 0 Å². The molecule has 0 amide bonds. The van der Waals surface area contributed by atoms with Crippen LogP contribution in [0, 0.1) is 0 Å². The van der Waals surface area contributed by atoms with Crippen LogP contribution in [0.4, 0.5) is 0 Å². The Morgan fingerprint density at radius 3 is 2.53 bits per heavy atom. The summed E-state index contributed by atoms with van der Waals surface area (Å²) in [5, 5.41) is 0. The van der Waals surface area contributed by atoms with E-state index in [2.05, 4.69) is 56.0 Å². The molecule has 0 aromatic heterocycles. The van der Waals surface area contributed by atoms with E-state index in [1.54, 1.807) is 0 Å². The van der Waals surface area contributed by atoms with Crippen LogP contribution in [0.3, 0.4) is 0 Å². The molecule has 0 fully saturated rings. The number of hydrogen-bond donors (Lipinski definition) is 0. The lowest BCUT2D eigenvalue weighted by Gasteiger charge is -2.07. The number of benzene rings is 1. The highest BCUT2D eigenvalue weighted by Crippen LogP contribution is 2.18. The van der Waals surface area contributed by atoms with Crippen LogP contribution < -0.4 is 0 Å². The molecule has 0 spiro atoms. The average Bonchev–Trinajstić information content (AvgIpc) is 2.39. The summed E-state index contributed by atoms with van der Waals surface area (Å²) in [6.45, 7) is 6.16. The molecule has 1 atom stereocenters. The molecule has 0 heteroatoms. The minimum Gasteiger partial charge on any atom is -0.102 e. The molecule has 1 rings (SSSR count). The second kappa shape index (κ2) is 8.81. The lowest BCUT2D eigenvalue weighted by Crippen LogP contribution is -1.89. The Hall–Kier alpha value is -1.30. The Kier molecular flexibility index (Phi) is 7.13. The molecule has 92 valence electrons. The van der Waals surface area contributed by atoms with Crippen LogP contribution in [-0.2, 0) is 0 Å². The van der Waals surface area contributed by atoms with Crippen LogP contribution in [0.5, 0.6) is 0 Å². The van der Waals surface area contributed by atoms with Crippen molar-refractivity contribution in [3.8, 4) is 0 Å². The Balaban J connectivity index is 2.37. The first kappa shape index (κ1) is 13.8. The third-order valence-electron chi connectivity index (χ3n) is 3.01. The summed E-state index contributed by atoms with van der Waals surface area (Å²) in [6.07, 6.45) is 13.1. The summed E-state index contributed by atoms with van der Waals surface area (Å²) in [4.78, 5) is 0. The second-order valence-electron chi connectivity index (χ2n) is 4.45. The number of rotatable bonds is 8. The first-order valence-corrected chi connectivity index (χ1v) is 6.72. The zero-order chi connectivity index (χ0) is 12.3. The van der Waals surface area contributed by atoms with Gasteiger partial charge in [-0.2, -0.15) is 0 Å². The molecule has 17 heavy (non-hydrogen) atoms. The first-order valence-electron chi connectivity index (χ1n) is 6.72. The van der Waals surface area contributed by atoms with Gasteiger partial charge in [0.05, 0.1) is 0 Å². The summed E-state index contributed by atoms with van der Waals surface area (Å²) >= 11 is 0. The Morgan fingerprint density at radius 1 is 1.12 bits per heavy atom. The van der Waals surface area contributed by atoms with Gasteiger partial charge in [-0.05, 0) is 18.4 Å². The Morgan fingerprint density at radius 2 is 1.88 bits per heavy atom. The van der Waals surface area contributed by atoms with Gasteiger partial charge in [-0.3, -0.25) is 0 Å². The van der Waals surface area contributed by atoms with Crippen molar-refractivity contribution in [1.82, 2.24) is 0 Å². The molecule has 0 heterocycles. The summed E-state index contributed by atoms with van der Waals surface area (Å²) in [5.74, 6) is 0.363. The highest BCUT2D eigenvalue weighted by molar-refractivity contribution is 5.27. The van der Waals surface area contributed by atoms with Crippen molar-refractivity contribution in [2.24, 2.45) is 0 Å². The van der Waals surface area contributed by atoms with E-state index in [0.717, 1.165) is 0 Å². The number of hydrogen-bond acceptors (Lipinski definition) is 0. The normalized spacial score (nSPS) is 12.8. The fourth-order valence-electron chi connectivity index (χ4n) is 1.93. The Labute approximate surface area is 106 Å². The van der Waals surface area contributed by atoms with E-state index in [1.807, 2.05) is 6.08 Å². The molecule has 0 aliphatic heterocycles. The van der Waals surface area contributed by atoms with Crippen molar-refractivity contribution < 1.29 is 0 Å². The maximum absolute atomic E-state index is 3.91. The zero-order valence-electron chi connectivity index (χ0n) is 10.9. The van der Waals surface area contributed by atoms with Crippen molar-refractivity contribution in [3.05, 3.63) is 60.7 Å². The molecule has 0 bridgehead atoms. The molecule has 0 aliphatic carbocycles. The summed E-state index contributed by atoms with van der Waals surface area (Å²) in [6, 6.07) is 10.5. The van der Waals surface area contributed by atoms with Crippen LogP contribution in [-0.4, -0.2) is 0 Å². The molecular formula is C17H24. The van der Waals surface area contributed by atoms with Crippen LogP contribution in [0.15, 0.2) is 55.1 Å². The van der Waals surface area contributed by atoms with E-state index < -0.39 is 0 Å². The SMILES string of the molecule is C=C[C@@H](/C=C/CCCCCC)c1ccccc1. The van der Waals surface area contributed by atoms with Gasteiger partial charge in [-0.15, -0.1) is 6.58 Å². The van der Waals surface area contributed by atoms with Gasteiger partial charge in [0, 0.05) is 5.92 Å². The van der Waals surface area contributed by atoms with E-state index in [9.17, 15) is 0 Å². The highest BCUT2D eigenvalue weighted by Gasteiger charge is 2.00.